The van der Waals surface area contributed by atoms with Crippen LogP contribution in [-0.4, -0.2) is 28.6 Å². The topological polar surface area (TPSA) is 110 Å². The summed E-state index contributed by atoms with van der Waals surface area (Å²) in [6.07, 6.45) is 0.589. The van der Waals surface area contributed by atoms with E-state index in [0.29, 0.717) is 12.2 Å². The van der Waals surface area contributed by atoms with Gasteiger partial charge < -0.3 is 15.4 Å². The molecule has 8 heteroatoms. The lowest BCUT2D eigenvalue weighted by Gasteiger charge is -2.24. The number of anilines is 2. The maximum absolute atomic E-state index is 13.1. The summed E-state index contributed by atoms with van der Waals surface area (Å²) in [4.78, 5) is 41.8. The molecule has 1 amide bonds. The highest BCUT2D eigenvalue weighted by Crippen LogP contribution is 2.21. The van der Waals surface area contributed by atoms with Crippen LogP contribution in [0.15, 0.2) is 58.1 Å². The molecule has 0 aliphatic heterocycles. The normalized spacial score (nSPS) is 10.7. The number of rotatable bonds is 8. The van der Waals surface area contributed by atoms with Crippen molar-refractivity contribution in [2.75, 3.05) is 23.8 Å². The fourth-order valence-corrected chi connectivity index (χ4v) is 3.43. The first-order chi connectivity index (χ1) is 15.3. The molecule has 0 aliphatic rings. The van der Waals surface area contributed by atoms with E-state index in [1.54, 1.807) is 0 Å². The van der Waals surface area contributed by atoms with Crippen LogP contribution in [0.1, 0.15) is 30.0 Å². The minimum atomic E-state index is -0.703. The van der Waals surface area contributed by atoms with E-state index in [1.807, 2.05) is 69.3 Å². The number of nitrogens with two attached hydrogens (primary N) is 1. The van der Waals surface area contributed by atoms with Crippen molar-refractivity contribution in [3.05, 3.63) is 86.1 Å². The summed E-state index contributed by atoms with van der Waals surface area (Å²) in [7, 11) is 0. The molecule has 8 nitrogen and oxygen atoms in total. The third kappa shape index (κ3) is 5.08. The van der Waals surface area contributed by atoms with E-state index >= 15 is 0 Å². The first-order valence-electron chi connectivity index (χ1n) is 10.5. The van der Waals surface area contributed by atoms with Crippen LogP contribution in [0.5, 0.6) is 5.75 Å². The predicted octanol–water partition coefficient (Wildman–Crippen LogP) is 2.61. The van der Waals surface area contributed by atoms with Crippen LogP contribution < -0.4 is 26.6 Å². The van der Waals surface area contributed by atoms with Crippen LogP contribution in [0.25, 0.3) is 0 Å². The van der Waals surface area contributed by atoms with Gasteiger partial charge in [-0.3, -0.25) is 19.1 Å². The monoisotopic (exact) mass is 436 g/mol. The Kier molecular flexibility index (Phi) is 7.14. The summed E-state index contributed by atoms with van der Waals surface area (Å²) in [5, 5.41) is 0. The molecular weight excluding hydrogens is 408 g/mol. The summed E-state index contributed by atoms with van der Waals surface area (Å²) >= 11 is 0. The van der Waals surface area contributed by atoms with E-state index in [1.165, 1.54) is 9.47 Å². The number of nitrogens with one attached hydrogen (secondary N) is 1. The summed E-state index contributed by atoms with van der Waals surface area (Å²) in [5.41, 5.74) is 7.64. The average molecular weight is 437 g/mol. The Hall–Kier alpha value is -3.81. The minimum Gasteiger partial charge on any atom is -0.483 e. The van der Waals surface area contributed by atoms with Crippen LogP contribution in [-0.2, 0) is 11.3 Å². The quantitative estimate of drug-likeness (QED) is 0.564. The first kappa shape index (κ1) is 22.9. The van der Waals surface area contributed by atoms with Crippen LogP contribution in [0.3, 0.4) is 0 Å². The number of aromatic nitrogens is 2. The Balaban J connectivity index is 1.93. The van der Waals surface area contributed by atoms with E-state index in [9.17, 15) is 14.4 Å². The van der Waals surface area contributed by atoms with Gasteiger partial charge in [0.1, 0.15) is 11.6 Å². The third-order valence-electron chi connectivity index (χ3n) is 5.11. The van der Waals surface area contributed by atoms with Crippen molar-refractivity contribution in [1.82, 2.24) is 9.55 Å². The molecule has 0 unspecified atom stereocenters. The second kappa shape index (κ2) is 10.00. The molecule has 0 spiro atoms. The van der Waals surface area contributed by atoms with Crippen LogP contribution >= 0.6 is 0 Å². The zero-order valence-electron chi connectivity index (χ0n) is 18.6. The average Bonchev–Trinajstić information content (AvgIpc) is 2.77. The van der Waals surface area contributed by atoms with Crippen LogP contribution in [0.2, 0.25) is 0 Å². The maximum atomic E-state index is 13.1. The lowest BCUT2D eigenvalue weighted by Crippen LogP contribution is -2.43. The minimum absolute atomic E-state index is 0.0445. The number of H-pyrrole nitrogens is 1. The molecule has 2 aromatic carbocycles. The third-order valence-corrected chi connectivity index (χ3v) is 5.11. The Morgan fingerprint density at radius 1 is 1.12 bits per heavy atom. The molecule has 3 rings (SSSR count). The summed E-state index contributed by atoms with van der Waals surface area (Å²) < 4.78 is 7.00. The molecule has 0 aliphatic carbocycles. The molecule has 0 fully saturated rings. The smallest absolute Gasteiger partial charge is 0.330 e. The van der Waals surface area contributed by atoms with Crippen molar-refractivity contribution >= 4 is 17.4 Å². The largest absolute Gasteiger partial charge is 0.483 e. The summed E-state index contributed by atoms with van der Waals surface area (Å²) in [5.74, 6) is 0.122. The molecular formula is C24H28N4O4. The van der Waals surface area contributed by atoms with E-state index in [4.69, 9.17) is 10.5 Å². The molecule has 1 aromatic heterocycles. The molecule has 32 heavy (non-hydrogen) atoms. The van der Waals surface area contributed by atoms with Gasteiger partial charge in [-0.25, -0.2) is 4.79 Å². The second-order valence-electron chi connectivity index (χ2n) is 7.67. The van der Waals surface area contributed by atoms with E-state index in [-0.39, 0.29) is 31.2 Å². The molecule has 1 heterocycles. The number of ether oxygens (including phenoxy) is 1. The molecule has 0 saturated heterocycles. The predicted molar refractivity (Wildman–Crippen MR) is 125 cm³/mol. The van der Waals surface area contributed by atoms with Crippen molar-refractivity contribution in [1.29, 1.82) is 0 Å². The molecule has 0 atom stereocenters. The SMILES string of the molecule is CCCN(C(=O)COc1cc(C)ccc1C)c1c(N)n(Cc2ccccc2)c(=O)[nH]c1=O. The number of carbonyl (C=O) groups excluding carboxylic acids is 1. The van der Waals surface area contributed by atoms with E-state index < -0.39 is 17.2 Å². The Labute approximate surface area is 186 Å². The highest BCUT2D eigenvalue weighted by molar-refractivity contribution is 5.96. The van der Waals surface area contributed by atoms with Crippen LogP contribution in [0.4, 0.5) is 11.5 Å². The van der Waals surface area contributed by atoms with Gasteiger partial charge in [-0.05, 0) is 43.0 Å². The standard InChI is InChI=1S/C24H28N4O4/c1-4-12-27(20(29)15-32-19-13-16(2)10-11-17(19)3)21-22(25)28(24(31)26-23(21)30)14-18-8-6-5-7-9-18/h5-11,13H,4,12,14-15,25H2,1-3H3,(H,26,30,31). The van der Waals surface area contributed by atoms with Gasteiger partial charge >= 0.3 is 5.69 Å². The lowest BCUT2D eigenvalue weighted by molar-refractivity contribution is -0.120. The second-order valence-corrected chi connectivity index (χ2v) is 7.67. The number of hydrogen-bond acceptors (Lipinski definition) is 5. The molecule has 0 saturated carbocycles. The fourth-order valence-electron chi connectivity index (χ4n) is 3.43. The van der Waals surface area contributed by atoms with Crippen LogP contribution in [0, 0.1) is 13.8 Å². The number of amides is 1. The van der Waals surface area contributed by atoms with Gasteiger partial charge in [0, 0.05) is 6.54 Å². The van der Waals surface area contributed by atoms with Crippen molar-refractivity contribution in [3.8, 4) is 5.75 Å². The number of hydrogen-bond donors (Lipinski definition) is 2. The highest BCUT2D eigenvalue weighted by atomic mass is 16.5. The first-order valence-corrected chi connectivity index (χ1v) is 10.5. The van der Waals surface area contributed by atoms with Gasteiger partial charge in [0.15, 0.2) is 12.3 Å². The number of aryl methyl sites for hydroxylation is 2. The Morgan fingerprint density at radius 2 is 1.84 bits per heavy atom. The Bertz CT molecular complexity index is 1210. The molecule has 0 radical (unpaired) electrons. The van der Waals surface area contributed by atoms with Gasteiger partial charge in [-0.15, -0.1) is 0 Å². The van der Waals surface area contributed by atoms with Crippen molar-refractivity contribution in [3.63, 3.8) is 0 Å². The molecule has 3 aromatic rings. The molecule has 0 bridgehead atoms. The number of aromatic amines is 1. The number of nitrogen functional groups attached to an aromatic ring is 1. The van der Waals surface area contributed by atoms with E-state index in [0.717, 1.165) is 16.7 Å². The van der Waals surface area contributed by atoms with Gasteiger partial charge in [-0.1, -0.05) is 49.4 Å². The van der Waals surface area contributed by atoms with Crippen molar-refractivity contribution < 1.29 is 9.53 Å². The van der Waals surface area contributed by atoms with Gasteiger partial charge in [0.2, 0.25) is 0 Å². The van der Waals surface area contributed by atoms with Gasteiger partial charge in [0.25, 0.3) is 11.5 Å². The Morgan fingerprint density at radius 3 is 2.53 bits per heavy atom. The zero-order valence-corrected chi connectivity index (χ0v) is 18.6. The van der Waals surface area contributed by atoms with Crippen molar-refractivity contribution in [2.24, 2.45) is 0 Å². The highest BCUT2D eigenvalue weighted by Gasteiger charge is 2.24. The maximum Gasteiger partial charge on any atom is 0.330 e. The number of benzene rings is 2. The summed E-state index contributed by atoms with van der Waals surface area (Å²) in [6, 6.07) is 15.0. The lowest BCUT2D eigenvalue weighted by atomic mass is 10.1. The van der Waals surface area contributed by atoms with Gasteiger partial charge in [0.05, 0.1) is 6.54 Å². The molecule has 3 N–H and O–H groups in total. The van der Waals surface area contributed by atoms with Crippen molar-refractivity contribution in [2.45, 2.75) is 33.7 Å². The van der Waals surface area contributed by atoms with Gasteiger partial charge in [-0.2, -0.15) is 0 Å². The molecule has 168 valence electrons. The number of nitrogens with zero attached hydrogens (tertiary/aromatic N) is 2. The number of carbonyl (C=O) groups is 1. The fraction of sp³-hybridized carbons (Fsp3) is 0.292. The zero-order chi connectivity index (χ0) is 23.3. The summed E-state index contributed by atoms with van der Waals surface area (Å²) in [6.45, 7) is 5.88. The van der Waals surface area contributed by atoms with E-state index in [2.05, 4.69) is 4.98 Å².